The molecule has 2 N–H and O–H groups in total. The van der Waals surface area contributed by atoms with E-state index in [2.05, 4.69) is 39.6 Å². The molecule has 2 aromatic carbocycles. The van der Waals surface area contributed by atoms with Crippen LogP contribution in [0.3, 0.4) is 0 Å². The first-order chi connectivity index (χ1) is 13.1. The van der Waals surface area contributed by atoms with E-state index in [1.807, 2.05) is 18.2 Å². The molecule has 6 nitrogen and oxygen atoms in total. The topological polar surface area (TPSA) is 94.5 Å². The van der Waals surface area contributed by atoms with Gasteiger partial charge in [0.2, 0.25) is 11.1 Å². The molecule has 0 atom stereocenters. The third-order valence-electron chi connectivity index (χ3n) is 3.81. The maximum Gasteiger partial charge on any atom is 0.234 e. The SMILES string of the molecule is CCc1ccc(-c2nc(SCC(=O)Nc3cc(Cl)ccc3C#N)n[nH]2)cc1. The van der Waals surface area contributed by atoms with Crippen LogP contribution in [0.15, 0.2) is 47.6 Å². The van der Waals surface area contributed by atoms with Crippen molar-refractivity contribution in [2.45, 2.75) is 18.5 Å². The predicted octanol–water partition coefficient (Wildman–Crippen LogP) is 4.29. The molecule has 0 bridgehead atoms. The van der Waals surface area contributed by atoms with E-state index in [-0.39, 0.29) is 11.7 Å². The molecule has 136 valence electrons. The molecule has 0 aliphatic heterocycles. The molecule has 0 fully saturated rings. The van der Waals surface area contributed by atoms with Crippen molar-refractivity contribution in [1.82, 2.24) is 15.2 Å². The zero-order valence-corrected chi connectivity index (χ0v) is 16.1. The fourth-order valence-corrected chi connectivity index (χ4v) is 3.14. The number of anilines is 1. The number of benzene rings is 2. The van der Waals surface area contributed by atoms with Crippen LogP contribution in [0.4, 0.5) is 5.69 Å². The fraction of sp³-hybridized carbons (Fsp3) is 0.158. The maximum absolute atomic E-state index is 12.2. The lowest BCUT2D eigenvalue weighted by Crippen LogP contribution is -2.15. The molecule has 1 aromatic heterocycles. The number of hydrogen-bond acceptors (Lipinski definition) is 5. The van der Waals surface area contributed by atoms with Gasteiger partial charge in [0.25, 0.3) is 0 Å². The molecule has 0 unspecified atom stereocenters. The number of nitrogens with one attached hydrogen (secondary N) is 2. The molecule has 0 radical (unpaired) electrons. The van der Waals surface area contributed by atoms with Crippen LogP contribution >= 0.6 is 23.4 Å². The number of amides is 1. The molecule has 0 aliphatic rings. The molecule has 8 heteroatoms. The summed E-state index contributed by atoms with van der Waals surface area (Å²) in [6.07, 6.45) is 0.979. The maximum atomic E-state index is 12.2. The van der Waals surface area contributed by atoms with Gasteiger partial charge in [-0.3, -0.25) is 9.89 Å². The Morgan fingerprint density at radius 3 is 2.78 bits per heavy atom. The van der Waals surface area contributed by atoms with Gasteiger partial charge in [-0.15, -0.1) is 5.10 Å². The first-order valence-electron chi connectivity index (χ1n) is 8.23. The summed E-state index contributed by atoms with van der Waals surface area (Å²) in [6.45, 7) is 2.10. The smallest absolute Gasteiger partial charge is 0.234 e. The highest BCUT2D eigenvalue weighted by Gasteiger charge is 2.11. The number of H-pyrrole nitrogens is 1. The third-order valence-corrected chi connectivity index (χ3v) is 4.89. The Balaban J connectivity index is 1.60. The number of rotatable bonds is 6. The minimum Gasteiger partial charge on any atom is -0.324 e. The van der Waals surface area contributed by atoms with Gasteiger partial charge in [0.1, 0.15) is 6.07 Å². The molecular weight excluding hydrogens is 382 g/mol. The molecule has 0 spiro atoms. The van der Waals surface area contributed by atoms with Gasteiger partial charge < -0.3 is 5.32 Å². The van der Waals surface area contributed by atoms with Gasteiger partial charge in [-0.2, -0.15) is 5.26 Å². The lowest BCUT2D eigenvalue weighted by Gasteiger charge is -2.06. The van der Waals surface area contributed by atoms with E-state index in [1.54, 1.807) is 18.2 Å². The number of nitriles is 1. The molecule has 1 heterocycles. The lowest BCUT2D eigenvalue weighted by atomic mass is 10.1. The molecule has 27 heavy (non-hydrogen) atoms. The number of hydrogen-bond donors (Lipinski definition) is 2. The van der Waals surface area contributed by atoms with E-state index in [4.69, 9.17) is 16.9 Å². The van der Waals surface area contributed by atoms with Crippen molar-refractivity contribution >= 4 is 35.0 Å². The number of carbonyl (C=O) groups excluding carboxylic acids is 1. The van der Waals surface area contributed by atoms with E-state index in [0.717, 1.165) is 12.0 Å². The van der Waals surface area contributed by atoms with Crippen molar-refractivity contribution in [3.63, 3.8) is 0 Å². The largest absolute Gasteiger partial charge is 0.324 e. The lowest BCUT2D eigenvalue weighted by molar-refractivity contribution is -0.113. The highest BCUT2D eigenvalue weighted by molar-refractivity contribution is 7.99. The number of halogens is 1. The quantitative estimate of drug-likeness (QED) is 0.605. The van der Waals surface area contributed by atoms with Crippen molar-refractivity contribution in [2.75, 3.05) is 11.1 Å². The van der Waals surface area contributed by atoms with Crippen molar-refractivity contribution in [1.29, 1.82) is 5.26 Å². The monoisotopic (exact) mass is 397 g/mol. The molecule has 0 saturated carbocycles. The number of aryl methyl sites for hydroxylation is 1. The Bertz CT molecular complexity index is 994. The number of aromatic amines is 1. The van der Waals surface area contributed by atoms with Gasteiger partial charge >= 0.3 is 0 Å². The van der Waals surface area contributed by atoms with E-state index < -0.39 is 0 Å². The second-order valence-electron chi connectivity index (χ2n) is 5.66. The summed E-state index contributed by atoms with van der Waals surface area (Å²) in [6, 6.07) is 14.8. The Labute approximate surface area is 166 Å². The average molecular weight is 398 g/mol. The Morgan fingerprint density at radius 1 is 1.30 bits per heavy atom. The van der Waals surface area contributed by atoms with E-state index in [0.29, 0.717) is 27.3 Å². The summed E-state index contributed by atoms with van der Waals surface area (Å²) in [7, 11) is 0. The number of aromatic nitrogens is 3. The van der Waals surface area contributed by atoms with Gasteiger partial charge in [0, 0.05) is 10.6 Å². The predicted molar refractivity (Wildman–Crippen MR) is 107 cm³/mol. The summed E-state index contributed by atoms with van der Waals surface area (Å²) >= 11 is 7.13. The van der Waals surface area contributed by atoms with Crippen LogP contribution in [0.25, 0.3) is 11.4 Å². The summed E-state index contributed by atoms with van der Waals surface area (Å²) in [5, 5.41) is 19.7. The molecule has 0 aliphatic carbocycles. The second-order valence-corrected chi connectivity index (χ2v) is 7.03. The Hall–Kier alpha value is -2.82. The first-order valence-corrected chi connectivity index (χ1v) is 9.59. The average Bonchev–Trinajstić information content (AvgIpc) is 3.16. The third kappa shape index (κ3) is 4.88. The standard InChI is InChI=1S/C19H16ClN5OS/c1-2-12-3-5-13(6-4-12)18-23-19(25-24-18)27-11-17(26)22-16-9-15(20)8-7-14(16)10-21/h3-9H,2,11H2,1H3,(H,22,26)(H,23,24,25). The highest BCUT2D eigenvalue weighted by Crippen LogP contribution is 2.22. The molecule has 1 amide bonds. The molecule has 3 rings (SSSR count). The van der Waals surface area contributed by atoms with Crippen LogP contribution in [-0.4, -0.2) is 26.8 Å². The molecule has 3 aromatic rings. The van der Waals surface area contributed by atoms with Crippen LogP contribution in [0, 0.1) is 11.3 Å². The van der Waals surface area contributed by atoms with Gasteiger partial charge in [-0.1, -0.05) is 54.6 Å². The Morgan fingerprint density at radius 2 is 2.07 bits per heavy atom. The number of thioether (sulfide) groups is 1. The van der Waals surface area contributed by atoms with Gasteiger partial charge in [-0.25, -0.2) is 4.98 Å². The second kappa shape index (κ2) is 8.71. The summed E-state index contributed by atoms with van der Waals surface area (Å²) in [4.78, 5) is 16.6. The van der Waals surface area contributed by atoms with Crippen molar-refractivity contribution < 1.29 is 4.79 Å². The highest BCUT2D eigenvalue weighted by atomic mass is 35.5. The fourth-order valence-electron chi connectivity index (χ4n) is 2.37. The zero-order valence-electron chi connectivity index (χ0n) is 14.5. The van der Waals surface area contributed by atoms with Gasteiger partial charge in [0.15, 0.2) is 5.82 Å². The van der Waals surface area contributed by atoms with Crippen LogP contribution in [0.5, 0.6) is 0 Å². The number of nitrogens with zero attached hydrogens (tertiary/aromatic N) is 3. The van der Waals surface area contributed by atoms with Crippen LogP contribution in [0.1, 0.15) is 18.1 Å². The normalized spacial score (nSPS) is 10.4. The summed E-state index contributed by atoms with van der Waals surface area (Å²) < 4.78 is 0. The Kier molecular flexibility index (Phi) is 6.12. The molecular formula is C19H16ClN5OS. The summed E-state index contributed by atoms with van der Waals surface area (Å²) in [5.74, 6) is 0.503. The van der Waals surface area contributed by atoms with Crippen LogP contribution in [-0.2, 0) is 11.2 Å². The minimum atomic E-state index is -0.266. The van der Waals surface area contributed by atoms with E-state index in [1.165, 1.54) is 17.3 Å². The number of carbonyl (C=O) groups is 1. The van der Waals surface area contributed by atoms with Crippen molar-refractivity contribution in [3.05, 3.63) is 58.6 Å². The van der Waals surface area contributed by atoms with Crippen LogP contribution < -0.4 is 5.32 Å². The van der Waals surface area contributed by atoms with Crippen molar-refractivity contribution in [2.24, 2.45) is 0 Å². The minimum absolute atomic E-state index is 0.115. The van der Waals surface area contributed by atoms with Crippen LogP contribution in [0.2, 0.25) is 5.02 Å². The van der Waals surface area contributed by atoms with E-state index in [9.17, 15) is 4.79 Å². The first kappa shape index (κ1) is 19.0. The molecule has 0 saturated heterocycles. The van der Waals surface area contributed by atoms with Crippen molar-refractivity contribution in [3.8, 4) is 17.5 Å². The summed E-state index contributed by atoms with van der Waals surface area (Å²) in [5.41, 5.74) is 2.94. The zero-order chi connectivity index (χ0) is 19.2. The van der Waals surface area contributed by atoms with Gasteiger partial charge in [-0.05, 0) is 30.2 Å². The van der Waals surface area contributed by atoms with Gasteiger partial charge in [0.05, 0.1) is 17.0 Å². The van der Waals surface area contributed by atoms with E-state index >= 15 is 0 Å².